The summed E-state index contributed by atoms with van der Waals surface area (Å²) in [6.45, 7) is 3.07. The van der Waals surface area contributed by atoms with Crippen molar-refractivity contribution in [1.29, 1.82) is 0 Å². The minimum absolute atomic E-state index is 0.0676. The van der Waals surface area contributed by atoms with Gasteiger partial charge in [0.05, 0.1) is 13.2 Å². The van der Waals surface area contributed by atoms with Crippen molar-refractivity contribution in [3.05, 3.63) is 35.2 Å². The lowest BCUT2D eigenvalue weighted by molar-refractivity contribution is 0.198. The Morgan fingerprint density at radius 2 is 2.10 bits per heavy atom. The van der Waals surface area contributed by atoms with Gasteiger partial charge in [-0.2, -0.15) is 0 Å². The molecule has 0 radical (unpaired) electrons. The van der Waals surface area contributed by atoms with Crippen LogP contribution in [0.5, 0.6) is 0 Å². The van der Waals surface area contributed by atoms with Crippen LogP contribution in [0.2, 0.25) is 0 Å². The predicted molar refractivity (Wildman–Crippen MR) is 72.3 cm³/mol. The molecule has 0 bridgehead atoms. The van der Waals surface area contributed by atoms with E-state index in [9.17, 15) is 8.78 Å². The van der Waals surface area contributed by atoms with Crippen molar-refractivity contribution in [2.24, 2.45) is 0 Å². The van der Waals surface area contributed by atoms with Crippen molar-refractivity contribution in [2.45, 2.75) is 13.5 Å². The van der Waals surface area contributed by atoms with E-state index in [-0.39, 0.29) is 11.7 Å². The summed E-state index contributed by atoms with van der Waals surface area (Å²) in [4.78, 5) is 0. The zero-order chi connectivity index (χ0) is 15.2. The van der Waals surface area contributed by atoms with Gasteiger partial charge in [0.15, 0.2) is 5.82 Å². The van der Waals surface area contributed by atoms with E-state index in [0.717, 1.165) is 0 Å². The van der Waals surface area contributed by atoms with E-state index in [1.165, 1.54) is 12.1 Å². The predicted octanol–water partition coefficient (Wildman–Crippen LogP) is 2.14. The fourth-order valence-electron chi connectivity index (χ4n) is 1.62. The van der Waals surface area contributed by atoms with Gasteiger partial charge in [-0.3, -0.25) is 0 Å². The normalized spacial score (nSPS) is 10.9. The first kappa shape index (κ1) is 15.3. The lowest BCUT2D eigenvalue weighted by Gasteiger charge is -2.06. The highest BCUT2D eigenvalue weighted by molar-refractivity contribution is 5.55. The first-order valence-electron chi connectivity index (χ1n) is 6.35. The highest BCUT2D eigenvalue weighted by Gasteiger charge is 2.14. The van der Waals surface area contributed by atoms with E-state index in [2.05, 4.69) is 20.8 Å². The Bertz CT molecular complexity index is 604. The molecule has 114 valence electrons. The van der Waals surface area contributed by atoms with Crippen molar-refractivity contribution in [2.75, 3.05) is 25.6 Å². The molecule has 0 saturated carbocycles. The molecule has 2 aromatic rings. The molecule has 1 aromatic heterocycles. The molecule has 0 unspecified atom stereocenters. The fourth-order valence-corrected chi connectivity index (χ4v) is 1.62. The standard InChI is InChI=1S/C13H16F2N4O2/c1-8-3-4-9(14)12(11(8)15)17-13-19-18-10(21-13)7-16-5-6-20-2/h3-4,16H,5-7H2,1-2H3,(H,17,19). The second-order valence-corrected chi connectivity index (χ2v) is 4.35. The minimum atomic E-state index is -0.726. The number of hydrogen-bond donors (Lipinski definition) is 2. The zero-order valence-corrected chi connectivity index (χ0v) is 11.7. The Morgan fingerprint density at radius 1 is 1.29 bits per heavy atom. The molecule has 0 amide bonds. The molecule has 21 heavy (non-hydrogen) atoms. The van der Waals surface area contributed by atoms with Crippen molar-refractivity contribution >= 4 is 11.7 Å². The minimum Gasteiger partial charge on any atom is -0.406 e. The topological polar surface area (TPSA) is 72.2 Å². The van der Waals surface area contributed by atoms with Crippen LogP contribution in [0.4, 0.5) is 20.5 Å². The van der Waals surface area contributed by atoms with E-state index >= 15 is 0 Å². The molecule has 0 saturated heterocycles. The van der Waals surface area contributed by atoms with Gasteiger partial charge in [0.1, 0.15) is 11.5 Å². The van der Waals surface area contributed by atoms with Gasteiger partial charge in [-0.05, 0) is 18.6 Å². The van der Waals surface area contributed by atoms with Gasteiger partial charge in [0.2, 0.25) is 5.89 Å². The van der Waals surface area contributed by atoms with E-state index in [4.69, 9.17) is 9.15 Å². The molecule has 0 aliphatic heterocycles. The molecule has 6 nitrogen and oxygen atoms in total. The SMILES string of the molecule is COCCNCc1nnc(Nc2c(F)ccc(C)c2F)o1. The number of nitrogens with one attached hydrogen (secondary N) is 2. The molecule has 1 aromatic carbocycles. The number of rotatable bonds is 7. The summed E-state index contributed by atoms with van der Waals surface area (Å²) in [7, 11) is 1.60. The number of aryl methyl sites for hydroxylation is 1. The lowest BCUT2D eigenvalue weighted by atomic mass is 10.2. The fraction of sp³-hybridized carbons (Fsp3) is 0.385. The molecular formula is C13H16F2N4O2. The quantitative estimate of drug-likeness (QED) is 0.763. The Morgan fingerprint density at radius 3 is 2.86 bits per heavy atom. The first-order valence-corrected chi connectivity index (χ1v) is 6.35. The molecule has 0 aliphatic rings. The maximum Gasteiger partial charge on any atom is 0.320 e. The van der Waals surface area contributed by atoms with Gasteiger partial charge in [-0.15, -0.1) is 5.10 Å². The Balaban J connectivity index is 2.01. The summed E-state index contributed by atoms with van der Waals surface area (Å²) in [6, 6.07) is 2.46. The van der Waals surface area contributed by atoms with E-state index in [1.807, 2.05) is 0 Å². The third-order valence-electron chi connectivity index (χ3n) is 2.74. The van der Waals surface area contributed by atoms with Crippen molar-refractivity contribution in [3.63, 3.8) is 0 Å². The number of benzene rings is 1. The van der Waals surface area contributed by atoms with Crippen molar-refractivity contribution in [3.8, 4) is 0 Å². The average Bonchev–Trinajstić information content (AvgIpc) is 2.92. The van der Waals surface area contributed by atoms with Gasteiger partial charge < -0.3 is 19.8 Å². The van der Waals surface area contributed by atoms with Crippen molar-refractivity contribution in [1.82, 2.24) is 15.5 Å². The molecule has 0 fully saturated rings. The lowest BCUT2D eigenvalue weighted by Crippen LogP contribution is -2.18. The molecule has 2 rings (SSSR count). The molecule has 8 heteroatoms. The number of hydrogen-bond acceptors (Lipinski definition) is 6. The Hall–Kier alpha value is -2.06. The second-order valence-electron chi connectivity index (χ2n) is 4.35. The van der Waals surface area contributed by atoms with Crippen LogP contribution in [0.1, 0.15) is 11.5 Å². The molecule has 2 N–H and O–H groups in total. The van der Waals surface area contributed by atoms with E-state index in [1.54, 1.807) is 14.0 Å². The second kappa shape index (κ2) is 7.09. The molecular weight excluding hydrogens is 282 g/mol. The zero-order valence-electron chi connectivity index (χ0n) is 11.7. The van der Waals surface area contributed by atoms with Gasteiger partial charge >= 0.3 is 6.01 Å². The van der Waals surface area contributed by atoms with E-state index in [0.29, 0.717) is 31.2 Å². The number of anilines is 2. The smallest absolute Gasteiger partial charge is 0.320 e. The van der Waals surface area contributed by atoms with Crippen LogP contribution in [0.3, 0.4) is 0 Å². The summed E-state index contributed by atoms with van der Waals surface area (Å²) in [5.74, 6) is -1.11. The van der Waals surface area contributed by atoms with Crippen LogP contribution < -0.4 is 10.6 Å². The summed E-state index contributed by atoms with van der Waals surface area (Å²) in [5.41, 5.74) is 0.0115. The van der Waals surface area contributed by atoms with E-state index < -0.39 is 11.6 Å². The van der Waals surface area contributed by atoms with Crippen LogP contribution >= 0.6 is 0 Å². The number of ether oxygens (including phenoxy) is 1. The van der Waals surface area contributed by atoms with Gasteiger partial charge in [0, 0.05) is 13.7 Å². The number of aromatic nitrogens is 2. The van der Waals surface area contributed by atoms with Crippen LogP contribution in [0.15, 0.2) is 16.5 Å². The summed E-state index contributed by atoms with van der Waals surface area (Å²) < 4.78 is 37.5. The van der Waals surface area contributed by atoms with Gasteiger partial charge in [0.25, 0.3) is 0 Å². The van der Waals surface area contributed by atoms with Crippen LogP contribution in [-0.4, -0.2) is 30.5 Å². The van der Waals surface area contributed by atoms with Gasteiger partial charge in [-0.25, -0.2) is 8.78 Å². The summed E-state index contributed by atoms with van der Waals surface area (Å²) in [5, 5.41) is 12.9. The molecule has 0 atom stereocenters. The number of methoxy groups -OCH3 is 1. The Labute approximate surface area is 120 Å². The maximum atomic E-state index is 13.8. The largest absolute Gasteiger partial charge is 0.406 e. The highest BCUT2D eigenvalue weighted by Crippen LogP contribution is 2.24. The Kier molecular flexibility index (Phi) is 5.18. The summed E-state index contributed by atoms with van der Waals surface area (Å²) >= 11 is 0. The molecule has 0 aliphatic carbocycles. The maximum absolute atomic E-state index is 13.8. The number of nitrogens with zero attached hydrogens (tertiary/aromatic N) is 2. The average molecular weight is 298 g/mol. The monoisotopic (exact) mass is 298 g/mol. The van der Waals surface area contributed by atoms with Gasteiger partial charge in [-0.1, -0.05) is 11.2 Å². The molecule has 0 spiro atoms. The van der Waals surface area contributed by atoms with Crippen LogP contribution in [0, 0.1) is 18.6 Å². The first-order chi connectivity index (χ1) is 10.1. The molecule has 1 heterocycles. The third kappa shape index (κ3) is 3.96. The van der Waals surface area contributed by atoms with Crippen LogP contribution in [0.25, 0.3) is 0 Å². The van der Waals surface area contributed by atoms with Crippen molar-refractivity contribution < 1.29 is 17.9 Å². The van der Waals surface area contributed by atoms with Crippen LogP contribution in [-0.2, 0) is 11.3 Å². The number of halogens is 2. The summed E-state index contributed by atoms with van der Waals surface area (Å²) in [6.07, 6.45) is 0. The third-order valence-corrected chi connectivity index (χ3v) is 2.74. The highest BCUT2D eigenvalue weighted by atomic mass is 19.1.